The maximum Gasteiger partial charge on any atom is 0.338 e. The second-order valence-corrected chi connectivity index (χ2v) is 6.26. The second kappa shape index (κ2) is 7.51. The van der Waals surface area contributed by atoms with Crippen molar-refractivity contribution in [3.8, 4) is 11.5 Å². The fourth-order valence-corrected chi connectivity index (χ4v) is 2.65. The quantitative estimate of drug-likeness (QED) is 0.356. The van der Waals surface area contributed by atoms with E-state index < -0.39 is 10.9 Å². The molecule has 0 aliphatic carbocycles. The van der Waals surface area contributed by atoms with E-state index in [0.717, 1.165) is 0 Å². The lowest BCUT2D eigenvalue weighted by molar-refractivity contribution is -0.384. The third kappa shape index (κ3) is 3.85. The largest absolute Gasteiger partial charge is 0.466 e. The van der Waals surface area contributed by atoms with Crippen molar-refractivity contribution in [3.05, 3.63) is 57.4 Å². The van der Waals surface area contributed by atoms with Crippen LogP contribution in [0.1, 0.15) is 27.8 Å². The Bertz CT molecular complexity index is 1040. The van der Waals surface area contributed by atoms with Crippen molar-refractivity contribution in [3.63, 3.8) is 0 Å². The SMILES string of the molecule is Cc1cc(-c2nnc(COC(=O)c3ccc(N(C)C)c([N+](=O)[O-])c3)o2)c(C)o1. The van der Waals surface area contributed by atoms with Crippen LogP contribution in [0.5, 0.6) is 0 Å². The van der Waals surface area contributed by atoms with Crippen LogP contribution in [0.4, 0.5) is 11.4 Å². The van der Waals surface area contributed by atoms with Gasteiger partial charge in [-0.1, -0.05) is 0 Å². The summed E-state index contributed by atoms with van der Waals surface area (Å²) in [5.74, 6) is 0.968. The average Bonchev–Trinajstić information content (AvgIpc) is 3.24. The van der Waals surface area contributed by atoms with E-state index in [1.54, 1.807) is 38.9 Å². The van der Waals surface area contributed by atoms with Gasteiger partial charge in [0.05, 0.1) is 16.1 Å². The van der Waals surface area contributed by atoms with E-state index in [0.29, 0.717) is 22.8 Å². The average molecular weight is 386 g/mol. The van der Waals surface area contributed by atoms with E-state index >= 15 is 0 Å². The minimum absolute atomic E-state index is 0.0540. The standard InChI is InChI=1S/C18H18N4O6/c1-10-7-13(11(2)27-10)17-20-19-16(28-17)9-26-18(23)12-5-6-14(21(3)4)15(8-12)22(24)25/h5-8H,9H2,1-4H3. The summed E-state index contributed by atoms with van der Waals surface area (Å²) in [5, 5.41) is 19.0. The number of ether oxygens (including phenoxy) is 1. The van der Waals surface area contributed by atoms with Crippen LogP contribution >= 0.6 is 0 Å². The Kier molecular flexibility index (Phi) is 5.12. The molecule has 0 unspecified atom stereocenters. The molecule has 28 heavy (non-hydrogen) atoms. The molecule has 3 rings (SSSR count). The molecule has 0 aliphatic heterocycles. The number of nitrogens with zero attached hydrogens (tertiary/aromatic N) is 4. The van der Waals surface area contributed by atoms with E-state index in [4.69, 9.17) is 13.6 Å². The molecule has 2 aromatic heterocycles. The van der Waals surface area contributed by atoms with Gasteiger partial charge in [0, 0.05) is 20.2 Å². The Hall–Kier alpha value is -3.69. The first-order valence-electron chi connectivity index (χ1n) is 8.29. The highest BCUT2D eigenvalue weighted by atomic mass is 16.6. The summed E-state index contributed by atoms with van der Waals surface area (Å²) in [5.41, 5.74) is 0.912. The zero-order valence-electron chi connectivity index (χ0n) is 15.8. The zero-order chi connectivity index (χ0) is 20.4. The lowest BCUT2D eigenvalue weighted by Gasteiger charge is -2.13. The first kappa shape index (κ1) is 19.1. The van der Waals surface area contributed by atoms with Gasteiger partial charge in [-0.05, 0) is 32.0 Å². The highest BCUT2D eigenvalue weighted by Crippen LogP contribution is 2.28. The van der Waals surface area contributed by atoms with E-state index in [2.05, 4.69) is 10.2 Å². The van der Waals surface area contributed by atoms with Crippen LogP contribution in [-0.2, 0) is 11.3 Å². The van der Waals surface area contributed by atoms with Crippen LogP contribution in [0.3, 0.4) is 0 Å². The molecule has 0 radical (unpaired) electrons. The summed E-state index contributed by atoms with van der Waals surface area (Å²) in [4.78, 5) is 24.5. The number of aromatic nitrogens is 2. The van der Waals surface area contributed by atoms with E-state index in [1.165, 1.54) is 18.2 Å². The fourth-order valence-electron chi connectivity index (χ4n) is 2.65. The highest BCUT2D eigenvalue weighted by Gasteiger charge is 2.20. The van der Waals surface area contributed by atoms with Crippen LogP contribution in [0, 0.1) is 24.0 Å². The number of rotatable bonds is 6. The van der Waals surface area contributed by atoms with Crippen LogP contribution in [0.25, 0.3) is 11.5 Å². The number of nitro benzene ring substituents is 1. The van der Waals surface area contributed by atoms with E-state index in [-0.39, 0.29) is 29.6 Å². The Morgan fingerprint density at radius 3 is 2.57 bits per heavy atom. The second-order valence-electron chi connectivity index (χ2n) is 6.26. The van der Waals surface area contributed by atoms with Crippen molar-refractivity contribution in [1.82, 2.24) is 10.2 Å². The first-order chi connectivity index (χ1) is 13.3. The van der Waals surface area contributed by atoms with Gasteiger partial charge in [-0.2, -0.15) is 0 Å². The van der Waals surface area contributed by atoms with Crippen LogP contribution in [0.15, 0.2) is 33.1 Å². The third-order valence-corrected chi connectivity index (χ3v) is 3.95. The lowest BCUT2D eigenvalue weighted by atomic mass is 10.1. The molecule has 0 fully saturated rings. The number of carbonyl (C=O) groups excluding carboxylic acids is 1. The summed E-state index contributed by atoms with van der Waals surface area (Å²) in [6, 6.07) is 5.89. The predicted octanol–water partition coefficient (Wildman–Crippen LogP) is 3.28. The van der Waals surface area contributed by atoms with Gasteiger partial charge in [-0.25, -0.2) is 4.79 Å². The van der Waals surface area contributed by atoms with E-state index in [9.17, 15) is 14.9 Å². The maximum atomic E-state index is 12.2. The van der Waals surface area contributed by atoms with Gasteiger partial charge in [0.2, 0.25) is 0 Å². The molecule has 0 amide bonds. The number of nitro groups is 1. The monoisotopic (exact) mass is 386 g/mol. The zero-order valence-corrected chi connectivity index (χ0v) is 15.8. The first-order valence-corrected chi connectivity index (χ1v) is 8.29. The van der Waals surface area contributed by atoms with Crippen molar-refractivity contribution in [2.24, 2.45) is 0 Å². The molecule has 0 atom stereocenters. The van der Waals surface area contributed by atoms with Gasteiger partial charge in [0.15, 0.2) is 6.61 Å². The van der Waals surface area contributed by atoms with Crippen LogP contribution in [0.2, 0.25) is 0 Å². The Labute approximate surface area is 159 Å². The Morgan fingerprint density at radius 1 is 1.21 bits per heavy atom. The smallest absolute Gasteiger partial charge is 0.338 e. The van der Waals surface area contributed by atoms with Gasteiger partial charge in [0.25, 0.3) is 17.5 Å². The summed E-state index contributed by atoms with van der Waals surface area (Å²) in [6.45, 7) is 3.32. The Morgan fingerprint density at radius 2 is 1.96 bits per heavy atom. The number of furan rings is 1. The molecular formula is C18H18N4O6. The van der Waals surface area contributed by atoms with Crippen molar-refractivity contribution < 1.29 is 23.3 Å². The summed E-state index contributed by atoms with van der Waals surface area (Å²) in [7, 11) is 3.35. The highest BCUT2D eigenvalue weighted by molar-refractivity contribution is 5.91. The molecule has 0 bridgehead atoms. The molecular weight excluding hydrogens is 368 g/mol. The number of carbonyl (C=O) groups is 1. The third-order valence-electron chi connectivity index (χ3n) is 3.95. The molecule has 1 aromatic carbocycles. The molecule has 0 aliphatic rings. The van der Waals surface area contributed by atoms with Gasteiger partial charge in [-0.15, -0.1) is 10.2 Å². The molecule has 0 saturated heterocycles. The van der Waals surface area contributed by atoms with Crippen molar-refractivity contribution in [2.75, 3.05) is 19.0 Å². The number of anilines is 1. The molecule has 10 heteroatoms. The van der Waals surface area contributed by atoms with Crippen LogP contribution < -0.4 is 4.90 Å². The molecule has 10 nitrogen and oxygen atoms in total. The molecule has 0 spiro atoms. The predicted molar refractivity (Wildman–Crippen MR) is 98.0 cm³/mol. The number of aryl methyl sites for hydroxylation is 2. The minimum Gasteiger partial charge on any atom is -0.466 e. The number of hydrogen-bond donors (Lipinski definition) is 0. The minimum atomic E-state index is -0.733. The lowest BCUT2D eigenvalue weighted by Crippen LogP contribution is -2.12. The maximum absolute atomic E-state index is 12.2. The van der Waals surface area contributed by atoms with Crippen molar-refractivity contribution >= 4 is 17.3 Å². The number of hydrogen-bond acceptors (Lipinski definition) is 9. The van der Waals surface area contributed by atoms with Crippen molar-refractivity contribution in [1.29, 1.82) is 0 Å². The summed E-state index contributed by atoms with van der Waals surface area (Å²) >= 11 is 0. The number of esters is 1. The Balaban J connectivity index is 1.72. The molecule has 2 heterocycles. The number of benzene rings is 1. The van der Waals surface area contributed by atoms with Gasteiger partial charge in [0.1, 0.15) is 17.2 Å². The van der Waals surface area contributed by atoms with Gasteiger partial charge < -0.3 is 18.5 Å². The molecule has 0 N–H and O–H groups in total. The molecule has 0 saturated carbocycles. The summed E-state index contributed by atoms with van der Waals surface area (Å²) in [6.07, 6.45) is 0. The normalized spacial score (nSPS) is 10.7. The van der Waals surface area contributed by atoms with Crippen LogP contribution in [-0.4, -0.2) is 35.2 Å². The van der Waals surface area contributed by atoms with Crippen molar-refractivity contribution in [2.45, 2.75) is 20.5 Å². The molecule has 146 valence electrons. The fraction of sp³-hybridized carbons (Fsp3) is 0.278. The molecule has 3 aromatic rings. The van der Waals surface area contributed by atoms with Gasteiger partial charge >= 0.3 is 5.97 Å². The topological polar surface area (TPSA) is 125 Å². The van der Waals surface area contributed by atoms with Gasteiger partial charge in [-0.3, -0.25) is 10.1 Å². The van der Waals surface area contributed by atoms with E-state index in [1.807, 2.05) is 0 Å². The summed E-state index contributed by atoms with van der Waals surface area (Å²) < 4.78 is 16.0.